The Bertz CT molecular complexity index is 689. The van der Waals surface area contributed by atoms with E-state index in [4.69, 9.17) is 0 Å². The second-order valence-electron chi connectivity index (χ2n) is 6.06. The van der Waals surface area contributed by atoms with Crippen LogP contribution in [0.4, 0.5) is 0 Å². The van der Waals surface area contributed by atoms with E-state index in [1.807, 2.05) is 29.4 Å². The molecule has 1 amide bonds. The van der Waals surface area contributed by atoms with E-state index in [1.54, 1.807) is 13.4 Å². The largest absolute Gasteiger partial charge is 0.354 e. The van der Waals surface area contributed by atoms with Crippen molar-refractivity contribution in [2.45, 2.75) is 31.8 Å². The number of carbonyl (C=O) groups excluding carboxylic acids is 1. The number of amides is 1. The molecule has 1 aliphatic heterocycles. The Morgan fingerprint density at radius 3 is 2.87 bits per heavy atom. The third-order valence-corrected chi connectivity index (χ3v) is 4.73. The molecule has 2 aromatic heterocycles. The summed E-state index contributed by atoms with van der Waals surface area (Å²) in [4.78, 5) is 18.7. The van der Waals surface area contributed by atoms with Crippen molar-refractivity contribution in [1.29, 1.82) is 0 Å². The number of hydrogen-bond acceptors (Lipinski definition) is 4. The fraction of sp³-hybridized carbons (Fsp3) is 0.562. The quantitative estimate of drug-likeness (QED) is 0.921. The highest BCUT2D eigenvalue weighted by molar-refractivity contribution is 5.92. The average Bonchev–Trinajstić information content (AvgIpc) is 3.14. The van der Waals surface area contributed by atoms with Gasteiger partial charge in [0.1, 0.15) is 17.8 Å². The highest BCUT2D eigenvalue weighted by atomic mass is 16.1. The van der Waals surface area contributed by atoms with E-state index >= 15 is 0 Å². The lowest BCUT2D eigenvalue weighted by molar-refractivity contribution is 0.0952. The fourth-order valence-electron chi connectivity index (χ4n) is 3.38. The predicted octanol–water partition coefficient (Wildman–Crippen LogP) is 1.24. The molecule has 1 aliphatic rings. The zero-order valence-electron chi connectivity index (χ0n) is 14.0. The summed E-state index contributed by atoms with van der Waals surface area (Å²) >= 11 is 0. The normalized spacial score (nSPS) is 19.0. The fourth-order valence-corrected chi connectivity index (χ4v) is 3.38. The third-order valence-electron chi connectivity index (χ3n) is 4.73. The Kier molecular flexibility index (Phi) is 4.47. The van der Waals surface area contributed by atoms with Crippen molar-refractivity contribution in [3.05, 3.63) is 35.7 Å². The Morgan fingerprint density at radius 1 is 1.35 bits per heavy atom. The molecule has 7 heteroatoms. The molecule has 3 rings (SSSR count). The van der Waals surface area contributed by atoms with Crippen LogP contribution in [0.25, 0.3) is 0 Å². The van der Waals surface area contributed by atoms with E-state index in [0.29, 0.717) is 11.7 Å². The monoisotopic (exact) mass is 316 g/mol. The van der Waals surface area contributed by atoms with Gasteiger partial charge >= 0.3 is 0 Å². The molecule has 0 unspecified atom stereocenters. The Morgan fingerprint density at radius 2 is 2.17 bits per heavy atom. The van der Waals surface area contributed by atoms with Gasteiger partial charge in [0.05, 0.1) is 12.6 Å². The minimum absolute atomic E-state index is 0.0468. The molecule has 0 spiro atoms. The molecule has 3 heterocycles. The van der Waals surface area contributed by atoms with Crippen LogP contribution in [0.15, 0.2) is 18.5 Å². The van der Waals surface area contributed by atoms with Gasteiger partial charge in [-0.1, -0.05) is 6.42 Å². The SMILES string of the molecule is CNC(=O)c1ccc([C@@H]2CCCCN2Cc2ncnn2C)n1C. The number of nitrogens with one attached hydrogen (secondary N) is 1. The van der Waals surface area contributed by atoms with Gasteiger partial charge in [-0.25, -0.2) is 4.98 Å². The van der Waals surface area contributed by atoms with Crippen molar-refractivity contribution in [2.24, 2.45) is 14.1 Å². The number of aryl methyl sites for hydroxylation is 1. The first-order valence-electron chi connectivity index (χ1n) is 8.06. The van der Waals surface area contributed by atoms with Crippen LogP contribution in [0, 0.1) is 0 Å². The van der Waals surface area contributed by atoms with Crippen LogP contribution >= 0.6 is 0 Å². The molecule has 0 aliphatic carbocycles. The summed E-state index contributed by atoms with van der Waals surface area (Å²) < 4.78 is 3.84. The van der Waals surface area contributed by atoms with Crippen molar-refractivity contribution in [3.63, 3.8) is 0 Å². The summed E-state index contributed by atoms with van der Waals surface area (Å²) in [6, 6.07) is 4.29. The van der Waals surface area contributed by atoms with Crippen LogP contribution in [0.1, 0.15) is 47.3 Å². The molecule has 1 atom stereocenters. The summed E-state index contributed by atoms with van der Waals surface area (Å²) in [5.41, 5.74) is 1.89. The van der Waals surface area contributed by atoms with Gasteiger partial charge in [-0.3, -0.25) is 14.4 Å². The molecular formula is C16H24N6O. The van der Waals surface area contributed by atoms with E-state index in [1.165, 1.54) is 18.5 Å². The van der Waals surface area contributed by atoms with Crippen LogP contribution in [0.2, 0.25) is 0 Å². The molecule has 1 N–H and O–H groups in total. The van der Waals surface area contributed by atoms with Crippen LogP contribution in [-0.2, 0) is 20.6 Å². The maximum absolute atomic E-state index is 11.9. The van der Waals surface area contributed by atoms with E-state index in [-0.39, 0.29) is 5.91 Å². The average molecular weight is 316 g/mol. The van der Waals surface area contributed by atoms with E-state index in [9.17, 15) is 4.79 Å². The molecule has 0 radical (unpaired) electrons. The molecule has 7 nitrogen and oxygen atoms in total. The molecule has 0 saturated carbocycles. The first kappa shape index (κ1) is 15.7. The number of carbonyl (C=O) groups is 1. The van der Waals surface area contributed by atoms with E-state index in [0.717, 1.165) is 25.3 Å². The maximum atomic E-state index is 11.9. The van der Waals surface area contributed by atoms with Gasteiger partial charge in [0.25, 0.3) is 5.91 Å². The molecule has 1 saturated heterocycles. The van der Waals surface area contributed by atoms with Crippen molar-refractivity contribution in [3.8, 4) is 0 Å². The molecule has 124 valence electrons. The first-order valence-corrected chi connectivity index (χ1v) is 8.06. The van der Waals surface area contributed by atoms with Gasteiger partial charge in [-0.2, -0.15) is 5.10 Å². The zero-order valence-corrected chi connectivity index (χ0v) is 14.0. The summed E-state index contributed by atoms with van der Waals surface area (Å²) in [6.45, 7) is 1.82. The van der Waals surface area contributed by atoms with Gasteiger partial charge < -0.3 is 9.88 Å². The lowest BCUT2D eigenvalue weighted by Gasteiger charge is -2.35. The third kappa shape index (κ3) is 3.01. The number of hydrogen-bond donors (Lipinski definition) is 1. The summed E-state index contributed by atoms with van der Waals surface area (Å²) in [5.74, 6) is 0.923. The zero-order chi connectivity index (χ0) is 16.4. The van der Waals surface area contributed by atoms with Crippen LogP contribution in [-0.4, -0.2) is 43.7 Å². The molecular weight excluding hydrogens is 292 g/mol. The molecule has 2 aromatic rings. The number of nitrogens with zero attached hydrogens (tertiary/aromatic N) is 5. The van der Waals surface area contributed by atoms with Gasteiger partial charge in [-0.05, 0) is 31.5 Å². The topological polar surface area (TPSA) is 68.0 Å². The van der Waals surface area contributed by atoms with E-state index in [2.05, 4.69) is 26.4 Å². The van der Waals surface area contributed by atoms with Gasteiger partial charge in [-0.15, -0.1) is 0 Å². The molecule has 23 heavy (non-hydrogen) atoms. The van der Waals surface area contributed by atoms with Gasteiger partial charge in [0.15, 0.2) is 0 Å². The highest BCUT2D eigenvalue weighted by Gasteiger charge is 2.28. The minimum Gasteiger partial charge on any atom is -0.354 e. The van der Waals surface area contributed by atoms with Crippen LogP contribution in [0.5, 0.6) is 0 Å². The highest BCUT2D eigenvalue weighted by Crippen LogP contribution is 2.32. The molecule has 0 bridgehead atoms. The number of aromatic nitrogens is 4. The lowest BCUT2D eigenvalue weighted by atomic mass is 9.99. The van der Waals surface area contributed by atoms with Gasteiger partial charge in [0.2, 0.25) is 0 Å². The standard InChI is InChI=1S/C16H24N6O/c1-17-16(23)14-8-7-12(20(14)2)13-6-4-5-9-22(13)10-15-18-11-19-21(15)3/h7-8,11,13H,4-6,9-10H2,1-3H3,(H,17,23)/t13-/m0/s1. The molecule has 0 aromatic carbocycles. The van der Waals surface area contributed by atoms with Crippen LogP contribution in [0.3, 0.4) is 0 Å². The van der Waals surface area contributed by atoms with Crippen molar-refractivity contribution < 1.29 is 4.79 Å². The number of likely N-dealkylation sites (tertiary alicyclic amines) is 1. The van der Waals surface area contributed by atoms with Crippen molar-refractivity contribution in [1.82, 2.24) is 29.5 Å². The minimum atomic E-state index is -0.0468. The van der Waals surface area contributed by atoms with Crippen LogP contribution < -0.4 is 5.32 Å². The number of piperidine rings is 1. The van der Waals surface area contributed by atoms with Gasteiger partial charge in [0, 0.05) is 26.8 Å². The predicted molar refractivity (Wildman–Crippen MR) is 86.8 cm³/mol. The molecule has 1 fully saturated rings. The second kappa shape index (κ2) is 6.54. The summed E-state index contributed by atoms with van der Waals surface area (Å²) in [5, 5.41) is 6.86. The smallest absolute Gasteiger partial charge is 0.267 e. The summed E-state index contributed by atoms with van der Waals surface area (Å²) in [7, 11) is 5.55. The van der Waals surface area contributed by atoms with Crippen molar-refractivity contribution >= 4 is 5.91 Å². The lowest BCUT2D eigenvalue weighted by Crippen LogP contribution is -2.35. The Hall–Kier alpha value is -2.15. The second-order valence-corrected chi connectivity index (χ2v) is 6.06. The first-order chi connectivity index (χ1) is 11.1. The maximum Gasteiger partial charge on any atom is 0.267 e. The number of rotatable bonds is 4. The Labute approximate surface area is 136 Å². The van der Waals surface area contributed by atoms with Crippen molar-refractivity contribution in [2.75, 3.05) is 13.6 Å². The Balaban J connectivity index is 1.85. The summed E-state index contributed by atoms with van der Waals surface area (Å²) in [6.07, 6.45) is 5.10. The van der Waals surface area contributed by atoms with E-state index < -0.39 is 0 Å².